The highest BCUT2D eigenvalue weighted by Crippen LogP contribution is 2.24. The molecule has 2 rings (SSSR count). The van der Waals surface area contributed by atoms with Crippen LogP contribution < -0.4 is 11.1 Å². The summed E-state index contributed by atoms with van der Waals surface area (Å²) in [6.07, 6.45) is 0. The highest BCUT2D eigenvalue weighted by atomic mass is 35.5. The quantitative estimate of drug-likeness (QED) is 0.808. The van der Waals surface area contributed by atoms with E-state index in [1.807, 2.05) is 0 Å². The summed E-state index contributed by atoms with van der Waals surface area (Å²) in [5.41, 5.74) is 6.10. The Labute approximate surface area is 123 Å². The zero-order chi connectivity index (χ0) is 14.9. The van der Waals surface area contributed by atoms with Gasteiger partial charge in [0.15, 0.2) is 5.13 Å². The van der Waals surface area contributed by atoms with Crippen molar-refractivity contribution in [3.05, 3.63) is 39.4 Å². The average molecular weight is 312 g/mol. The molecule has 1 aromatic carbocycles. The van der Waals surface area contributed by atoms with Crippen LogP contribution in [-0.4, -0.2) is 22.0 Å². The zero-order valence-electron chi connectivity index (χ0n) is 10.3. The minimum atomic E-state index is -1.18. The number of carboxylic acids is 1. The predicted octanol–water partition coefficient (Wildman–Crippen LogP) is 2.64. The van der Waals surface area contributed by atoms with Gasteiger partial charge in [0.25, 0.3) is 5.91 Å². The van der Waals surface area contributed by atoms with E-state index in [-0.39, 0.29) is 21.4 Å². The van der Waals surface area contributed by atoms with Gasteiger partial charge < -0.3 is 16.2 Å². The molecule has 0 spiro atoms. The molecule has 20 heavy (non-hydrogen) atoms. The van der Waals surface area contributed by atoms with Gasteiger partial charge in [-0.3, -0.25) is 4.79 Å². The molecule has 1 aromatic heterocycles. The lowest BCUT2D eigenvalue weighted by molar-refractivity contribution is 0.0698. The molecular weight excluding hydrogens is 302 g/mol. The Bertz CT molecular complexity index is 699. The summed E-state index contributed by atoms with van der Waals surface area (Å²) in [5, 5.41) is 12.2. The predicted molar refractivity (Wildman–Crippen MR) is 77.6 cm³/mol. The number of thiazole rings is 1. The molecule has 0 fully saturated rings. The number of aromatic nitrogens is 1. The van der Waals surface area contributed by atoms with Crippen molar-refractivity contribution >= 4 is 45.6 Å². The molecule has 0 bridgehead atoms. The number of nitrogens with zero attached hydrogens (tertiary/aromatic N) is 1. The lowest BCUT2D eigenvalue weighted by Gasteiger charge is -2.08. The number of aromatic carboxylic acids is 1. The summed E-state index contributed by atoms with van der Waals surface area (Å²) in [6, 6.07) is 4.20. The normalized spacial score (nSPS) is 10.3. The first kappa shape index (κ1) is 14.3. The number of aryl methyl sites for hydroxylation is 1. The molecule has 4 N–H and O–H groups in total. The van der Waals surface area contributed by atoms with E-state index in [1.165, 1.54) is 18.2 Å². The number of nitrogens with one attached hydrogen (secondary N) is 1. The fourth-order valence-electron chi connectivity index (χ4n) is 1.61. The summed E-state index contributed by atoms with van der Waals surface area (Å²) in [5.74, 6) is -1.63. The van der Waals surface area contributed by atoms with E-state index in [9.17, 15) is 9.59 Å². The number of hydrogen-bond acceptors (Lipinski definition) is 5. The number of halogens is 1. The first-order valence-electron chi connectivity index (χ1n) is 5.45. The molecular formula is C12H10ClN3O3S. The largest absolute Gasteiger partial charge is 0.478 e. The topological polar surface area (TPSA) is 105 Å². The number of nitrogens with two attached hydrogens (primary N) is 1. The maximum Gasteiger partial charge on any atom is 0.337 e. The third-order valence-corrected chi connectivity index (χ3v) is 3.70. The molecule has 0 radical (unpaired) electrons. The van der Waals surface area contributed by atoms with Crippen molar-refractivity contribution in [1.82, 2.24) is 4.98 Å². The third kappa shape index (κ3) is 2.89. The van der Waals surface area contributed by atoms with Gasteiger partial charge in [0.05, 0.1) is 16.9 Å². The van der Waals surface area contributed by atoms with Crippen molar-refractivity contribution in [2.24, 2.45) is 0 Å². The van der Waals surface area contributed by atoms with Crippen LogP contribution in [0.4, 0.5) is 10.8 Å². The number of rotatable bonds is 3. The lowest BCUT2D eigenvalue weighted by atomic mass is 10.1. The Balaban J connectivity index is 2.33. The minimum absolute atomic E-state index is 0.0824. The van der Waals surface area contributed by atoms with E-state index in [4.69, 9.17) is 22.4 Å². The van der Waals surface area contributed by atoms with Crippen LogP contribution in [0, 0.1) is 6.92 Å². The average Bonchev–Trinajstić information content (AvgIpc) is 2.70. The second-order valence-electron chi connectivity index (χ2n) is 3.92. The summed E-state index contributed by atoms with van der Waals surface area (Å²) in [6.45, 7) is 1.65. The first-order valence-corrected chi connectivity index (χ1v) is 6.65. The van der Waals surface area contributed by atoms with Crippen LogP contribution in [0.15, 0.2) is 18.2 Å². The Kier molecular flexibility index (Phi) is 3.91. The maximum absolute atomic E-state index is 12.1. The molecule has 0 unspecified atom stereocenters. The third-order valence-electron chi connectivity index (χ3n) is 2.48. The van der Waals surface area contributed by atoms with Gasteiger partial charge in [0.2, 0.25) is 0 Å². The minimum Gasteiger partial charge on any atom is -0.478 e. The zero-order valence-corrected chi connectivity index (χ0v) is 11.9. The van der Waals surface area contributed by atoms with Gasteiger partial charge in [-0.05, 0) is 25.1 Å². The number of nitrogen functional groups attached to an aromatic ring is 1. The van der Waals surface area contributed by atoms with Crippen molar-refractivity contribution in [2.75, 3.05) is 11.1 Å². The second kappa shape index (κ2) is 5.48. The molecule has 0 aliphatic carbocycles. The number of benzene rings is 1. The highest BCUT2D eigenvalue weighted by Gasteiger charge is 2.18. The van der Waals surface area contributed by atoms with Crippen LogP contribution in [-0.2, 0) is 0 Å². The fraction of sp³-hybridized carbons (Fsp3) is 0.0833. The van der Waals surface area contributed by atoms with Gasteiger partial charge in [0, 0.05) is 5.02 Å². The van der Waals surface area contributed by atoms with Gasteiger partial charge in [-0.25, -0.2) is 9.78 Å². The summed E-state index contributed by atoms with van der Waals surface area (Å²) >= 11 is 6.78. The molecule has 2 aromatic rings. The Morgan fingerprint density at radius 3 is 2.70 bits per heavy atom. The molecule has 1 amide bonds. The smallest absolute Gasteiger partial charge is 0.337 e. The Morgan fingerprint density at radius 1 is 1.45 bits per heavy atom. The molecule has 0 saturated carbocycles. The molecule has 0 atom stereocenters. The van der Waals surface area contributed by atoms with Crippen LogP contribution >= 0.6 is 22.9 Å². The molecule has 104 valence electrons. The van der Waals surface area contributed by atoms with Gasteiger partial charge in [0.1, 0.15) is 4.88 Å². The fourth-order valence-corrected chi connectivity index (χ4v) is 2.51. The summed E-state index contributed by atoms with van der Waals surface area (Å²) < 4.78 is 0. The van der Waals surface area contributed by atoms with Gasteiger partial charge >= 0.3 is 5.97 Å². The van der Waals surface area contributed by atoms with E-state index in [1.54, 1.807) is 6.92 Å². The van der Waals surface area contributed by atoms with Crippen molar-refractivity contribution in [3.8, 4) is 0 Å². The van der Waals surface area contributed by atoms with Gasteiger partial charge in [-0.2, -0.15) is 0 Å². The Morgan fingerprint density at radius 2 is 2.15 bits per heavy atom. The van der Waals surface area contributed by atoms with E-state index < -0.39 is 11.9 Å². The number of carbonyl (C=O) groups is 2. The van der Waals surface area contributed by atoms with Crippen LogP contribution in [0.5, 0.6) is 0 Å². The van der Waals surface area contributed by atoms with Gasteiger partial charge in [-0.15, -0.1) is 0 Å². The van der Waals surface area contributed by atoms with Crippen LogP contribution in [0.1, 0.15) is 25.7 Å². The van der Waals surface area contributed by atoms with Crippen LogP contribution in [0.3, 0.4) is 0 Å². The molecule has 0 aliphatic heterocycles. The maximum atomic E-state index is 12.1. The number of anilines is 2. The van der Waals surface area contributed by atoms with Gasteiger partial charge in [-0.1, -0.05) is 22.9 Å². The molecule has 1 heterocycles. The molecule has 6 nitrogen and oxygen atoms in total. The highest BCUT2D eigenvalue weighted by molar-refractivity contribution is 7.17. The van der Waals surface area contributed by atoms with Crippen molar-refractivity contribution in [2.45, 2.75) is 6.92 Å². The molecule has 8 heteroatoms. The standard InChI is InChI=1S/C12H10ClN3O3S/c1-5-9(20-12(14)15-5)10(17)16-8-3-2-6(13)4-7(8)11(18)19/h2-4H,1H3,(H2,14,15)(H,16,17)(H,18,19). The second-order valence-corrected chi connectivity index (χ2v) is 5.38. The van der Waals surface area contributed by atoms with E-state index in [2.05, 4.69) is 10.3 Å². The number of carbonyl (C=O) groups excluding carboxylic acids is 1. The Hall–Kier alpha value is -2.12. The van der Waals surface area contributed by atoms with E-state index >= 15 is 0 Å². The summed E-state index contributed by atoms with van der Waals surface area (Å²) in [4.78, 5) is 27.5. The lowest BCUT2D eigenvalue weighted by Crippen LogP contribution is -2.14. The summed E-state index contributed by atoms with van der Waals surface area (Å²) in [7, 11) is 0. The molecule has 0 saturated heterocycles. The van der Waals surface area contributed by atoms with Crippen LogP contribution in [0.2, 0.25) is 5.02 Å². The number of amides is 1. The van der Waals surface area contributed by atoms with Crippen molar-refractivity contribution in [1.29, 1.82) is 0 Å². The van der Waals surface area contributed by atoms with E-state index in [0.29, 0.717) is 10.6 Å². The van der Waals surface area contributed by atoms with Crippen molar-refractivity contribution < 1.29 is 14.7 Å². The van der Waals surface area contributed by atoms with Crippen molar-refractivity contribution in [3.63, 3.8) is 0 Å². The number of hydrogen-bond donors (Lipinski definition) is 3. The first-order chi connectivity index (χ1) is 9.38. The number of carboxylic acid groups (broad SMARTS) is 1. The van der Waals surface area contributed by atoms with Crippen LogP contribution in [0.25, 0.3) is 0 Å². The van der Waals surface area contributed by atoms with E-state index in [0.717, 1.165) is 11.3 Å². The monoisotopic (exact) mass is 311 g/mol. The SMILES string of the molecule is Cc1nc(N)sc1C(=O)Nc1ccc(Cl)cc1C(=O)O. The molecule has 0 aliphatic rings.